The van der Waals surface area contributed by atoms with Crippen molar-refractivity contribution in [3.63, 3.8) is 0 Å². The van der Waals surface area contributed by atoms with E-state index >= 15 is 0 Å². The first-order chi connectivity index (χ1) is 9.52. The van der Waals surface area contributed by atoms with E-state index in [1.165, 1.54) is 12.1 Å². The average Bonchev–Trinajstić information content (AvgIpc) is 2.83. The molecule has 0 aliphatic carbocycles. The largest absolute Gasteiger partial charge is 0.469 e. The van der Waals surface area contributed by atoms with Crippen molar-refractivity contribution in [3.8, 4) is 0 Å². The van der Waals surface area contributed by atoms with E-state index in [4.69, 9.17) is 4.42 Å². The zero-order valence-corrected chi connectivity index (χ0v) is 11.4. The molecule has 0 bridgehead atoms. The Morgan fingerprint density at radius 1 is 1.35 bits per heavy atom. The highest BCUT2D eigenvalue weighted by Crippen LogP contribution is 2.26. The first-order valence-corrected chi connectivity index (χ1v) is 6.15. The fourth-order valence-corrected chi connectivity index (χ4v) is 2.10. The number of benzene rings is 1. The molecule has 20 heavy (non-hydrogen) atoms. The minimum Gasteiger partial charge on any atom is -0.469 e. The number of nitrogens with zero attached hydrogens (tertiary/aromatic N) is 2. The topological polar surface area (TPSA) is 79.8 Å². The van der Waals surface area contributed by atoms with Gasteiger partial charge in [0.15, 0.2) is 0 Å². The van der Waals surface area contributed by atoms with Gasteiger partial charge in [-0.25, -0.2) is 0 Å². The molecule has 0 aliphatic rings. The average molecular weight is 276 g/mol. The van der Waals surface area contributed by atoms with E-state index < -0.39 is 4.92 Å². The summed E-state index contributed by atoms with van der Waals surface area (Å²) in [5.74, 6) is 0.837. The van der Waals surface area contributed by atoms with E-state index in [-0.39, 0.29) is 12.3 Å². The molecule has 0 fully saturated rings. The number of hydrogen-bond acceptors (Lipinski definition) is 5. The second-order valence-corrected chi connectivity index (χ2v) is 4.59. The number of rotatable bonds is 5. The lowest BCUT2D eigenvalue weighted by Crippen LogP contribution is -2.18. The van der Waals surface area contributed by atoms with Gasteiger partial charge >= 0.3 is 0 Å². The number of furan rings is 1. The summed E-state index contributed by atoms with van der Waals surface area (Å²) in [5.41, 5.74) is 2.31. The molecule has 1 aromatic carbocycles. The summed E-state index contributed by atoms with van der Waals surface area (Å²) in [4.78, 5) is 12.2. The Labute approximate surface area is 116 Å². The van der Waals surface area contributed by atoms with Gasteiger partial charge < -0.3 is 14.4 Å². The molecule has 6 nitrogen and oxygen atoms in total. The molecule has 106 valence electrons. The summed E-state index contributed by atoms with van der Waals surface area (Å²) < 4.78 is 5.24. The number of anilines is 1. The van der Waals surface area contributed by atoms with Crippen LogP contribution in [0.4, 0.5) is 11.4 Å². The third kappa shape index (κ3) is 2.80. The number of non-ortho nitro benzene ring substituents is 1. The SMILES string of the molecule is Cc1occc1CN(C)c1ccc([N+](=O)[O-])cc1CO. The highest BCUT2D eigenvalue weighted by atomic mass is 16.6. The molecule has 0 atom stereocenters. The molecular weight excluding hydrogens is 260 g/mol. The van der Waals surface area contributed by atoms with Crippen molar-refractivity contribution in [2.45, 2.75) is 20.1 Å². The number of aryl methyl sites for hydroxylation is 1. The van der Waals surface area contributed by atoms with E-state index in [1.54, 1.807) is 12.3 Å². The van der Waals surface area contributed by atoms with Gasteiger partial charge in [-0.2, -0.15) is 0 Å². The molecule has 6 heteroatoms. The zero-order valence-electron chi connectivity index (χ0n) is 11.4. The van der Waals surface area contributed by atoms with Crippen molar-refractivity contribution in [3.05, 3.63) is 57.5 Å². The smallest absolute Gasteiger partial charge is 0.269 e. The molecule has 0 unspecified atom stereocenters. The second kappa shape index (κ2) is 5.75. The number of aliphatic hydroxyl groups excluding tert-OH is 1. The van der Waals surface area contributed by atoms with Crippen LogP contribution in [0, 0.1) is 17.0 Å². The van der Waals surface area contributed by atoms with Crippen molar-refractivity contribution in [2.24, 2.45) is 0 Å². The van der Waals surface area contributed by atoms with Crippen molar-refractivity contribution >= 4 is 11.4 Å². The molecule has 0 spiro atoms. The minimum atomic E-state index is -0.469. The van der Waals surface area contributed by atoms with Crippen LogP contribution in [-0.4, -0.2) is 17.1 Å². The molecule has 1 heterocycles. The maximum Gasteiger partial charge on any atom is 0.269 e. The molecule has 2 aromatic rings. The Kier molecular flexibility index (Phi) is 4.05. The maximum atomic E-state index is 10.7. The van der Waals surface area contributed by atoms with Crippen molar-refractivity contribution in [1.29, 1.82) is 0 Å². The Hall–Kier alpha value is -2.34. The Morgan fingerprint density at radius 2 is 2.10 bits per heavy atom. The maximum absolute atomic E-state index is 10.7. The van der Waals surface area contributed by atoms with Crippen LogP contribution < -0.4 is 4.90 Å². The first kappa shape index (κ1) is 14.1. The van der Waals surface area contributed by atoms with Gasteiger partial charge in [0.25, 0.3) is 5.69 Å². The summed E-state index contributed by atoms with van der Waals surface area (Å²) in [6.45, 7) is 2.24. The Morgan fingerprint density at radius 3 is 2.65 bits per heavy atom. The molecule has 1 N–H and O–H groups in total. The molecule has 1 aromatic heterocycles. The molecule has 2 rings (SSSR count). The quantitative estimate of drug-likeness (QED) is 0.670. The van der Waals surface area contributed by atoms with Crippen LogP contribution in [0.15, 0.2) is 34.9 Å². The molecule has 0 saturated heterocycles. The van der Waals surface area contributed by atoms with Gasteiger partial charge in [0.05, 0.1) is 17.8 Å². The monoisotopic (exact) mass is 276 g/mol. The molecule has 0 saturated carbocycles. The van der Waals surface area contributed by atoms with Crippen LogP contribution in [0.2, 0.25) is 0 Å². The summed E-state index contributed by atoms with van der Waals surface area (Å²) in [7, 11) is 1.87. The van der Waals surface area contributed by atoms with Gasteiger partial charge in [0, 0.05) is 42.5 Å². The van der Waals surface area contributed by atoms with E-state index in [0.717, 1.165) is 17.0 Å². The molecule has 0 amide bonds. The summed E-state index contributed by atoms with van der Waals surface area (Å²) in [5, 5.41) is 20.1. The van der Waals surface area contributed by atoms with Gasteiger partial charge in [-0.3, -0.25) is 10.1 Å². The molecular formula is C14H16N2O4. The zero-order chi connectivity index (χ0) is 14.7. The number of nitro benzene ring substituents is 1. The Bertz CT molecular complexity index is 621. The van der Waals surface area contributed by atoms with Gasteiger partial charge in [-0.1, -0.05) is 0 Å². The fraction of sp³-hybridized carbons (Fsp3) is 0.286. The van der Waals surface area contributed by atoms with Crippen LogP contribution >= 0.6 is 0 Å². The van der Waals surface area contributed by atoms with Crippen molar-refractivity contribution in [1.82, 2.24) is 0 Å². The minimum absolute atomic E-state index is 0.0225. The predicted octanol–water partition coefficient (Wildman–Crippen LogP) is 2.62. The standard InChI is InChI=1S/C14H16N2O4/c1-10-11(5-6-20-10)8-15(2)14-4-3-13(16(18)19)7-12(14)9-17/h3-7,17H,8-9H2,1-2H3. The van der Waals surface area contributed by atoms with Crippen LogP contribution in [0.3, 0.4) is 0 Å². The summed E-state index contributed by atoms with van der Waals surface area (Å²) in [6.07, 6.45) is 1.63. The number of aliphatic hydroxyl groups is 1. The lowest BCUT2D eigenvalue weighted by molar-refractivity contribution is -0.384. The van der Waals surface area contributed by atoms with Crippen LogP contribution in [-0.2, 0) is 13.2 Å². The molecule has 0 radical (unpaired) electrons. The fourth-order valence-electron chi connectivity index (χ4n) is 2.10. The predicted molar refractivity (Wildman–Crippen MR) is 74.6 cm³/mol. The third-order valence-corrected chi connectivity index (χ3v) is 3.23. The van der Waals surface area contributed by atoms with Crippen molar-refractivity contribution in [2.75, 3.05) is 11.9 Å². The summed E-state index contributed by atoms with van der Waals surface area (Å²) >= 11 is 0. The third-order valence-electron chi connectivity index (χ3n) is 3.23. The van der Waals surface area contributed by atoms with Gasteiger partial charge in [0.1, 0.15) is 5.76 Å². The highest BCUT2D eigenvalue weighted by molar-refractivity contribution is 5.57. The number of hydrogen-bond donors (Lipinski definition) is 1. The lowest BCUT2D eigenvalue weighted by atomic mass is 10.1. The van der Waals surface area contributed by atoms with E-state index in [0.29, 0.717) is 12.1 Å². The van der Waals surface area contributed by atoms with Gasteiger partial charge in [-0.05, 0) is 19.1 Å². The van der Waals surface area contributed by atoms with Crippen LogP contribution in [0.1, 0.15) is 16.9 Å². The van der Waals surface area contributed by atoms with Gasteiger partial charge in [0.2, 0.25) is 0 Å². The van der Waals surface area contributed by atoms with Crippen LogP contribution in [0.5, 0.6) is 0 Å². The van der Waals surface area contributed by atoms with E-state index in [9.17, 15) is 15.2 Å². The highest BCUT2D eigenvalue weighted by Gasteiger charge is 2.14. The Balaban J connectivity index is 2.27. The van der Waals surface area contributed by atoms with E-state index in [2.05, 4.69) is 0 Å². The van der Waals surface area contributed by atoms with Crippen molar-refractivity contribution < 1.29 is 14.4 Å². The first-order valence-electron chi connectivity index (χ1n) is 6.15. The molecule has 0 aliphatic heterocycles. The normalized spacial score (nSPS) is 10.6. The summed E-state index contributed by atoms with van der Waals surface area (Å²) in [6, 6.07) is 6.37. The second-order valence-electron chi connectivity index (χ2n) is 4.59. The van der Waals surface area contributed by atoms with Gasteiger partial charge in [-0.15, -0.1) is 0 Å². The number of nitro groups is 1. The van der Waals surface area contributed by atoms with E-state index in [1.807, 2.05) is 24.9 Å². The lowest BCUT2D eigenvalue weighted by Gasteiger charge is -2.21. The van der Waals surface area contributed by atoms with Crippen LogP contribution in [0.25, 0.3) is 0 Å².